The summed E-state index contributed by atoms with van der Waals surface area (Å²) in [6.45, 7) is 8.00. The zero-order valence-electron chi connectivity index (χ0n) is 21.4. The number of carbonyl (C=O) groups is 1. The average molecular weight is 476 g/mol. The first-order chi connectivity index (χ1) is 17.3. The van der Waals surface area contributed by atoms with Crippen LogP contribution in [0.1, 0.15) is 47.2 Å². The minimum atomic E-state index is -0.783. The molecule has 0 saturated heterocycles. The second kappa shape index (κ2) is 11.2. The van der Waals surface area contributed by atoms with Crippen LogP contribution in [0.15, 0.2) is 114 Å². The summed E-state index contributed by atoms with van der Waals surface area (Å²) in [5.41, 5.74) is 6.26. The molecule has 4 rings (SSSR count). The topological polar surface area (TPSA) is 38.7 Å². The van der Waals surface area contributed by atoms with Crippen LogP contribution in [0.4, 0.5) is 0 Å². The molecular formula is C33H33NO2. The van der Waals surface area contributed by atoms with Crippen LogP contribution in [0.5, 0.6) is 0 Å². The second-order valence-corrected chi connectivity index (χ2v) is 9.72. The molecule has 3 heteroatoms. The Morgan fingerprint density at radius 1 is 0.750 bits per heavy atom. The molecular weight excluding hydrogens is 442 g/mol. The van der Waals surface area contributed by atoms with Crippen LogP contribution in [0, 0.1) is 13.8 Å². The summed E-state index contributed by atoms with van der Waals surface area (Å²) < 4.78 is 6.15. The lowest BCUT2D eigenvalue weighted by Crippen LogP contribution is -2.33. The summed E-state index contributed by atoms with van der Waals surface area (Å²) in [6, 6.07) is 35.5. The molecule has 3 nitrogen and oxygen atoms in total. The van der Waals surface area contributed by atoms with E-state index in [1.807, 2.05) is 105 Å². The Balaban J connectivity index is 1.77. The van der Waals surface area contributed by atoms with Gasteiger partial charge in [0, 0.05) is 17.5 Å². The standard InChI is InChI=1S/C33H33NO2/c1-24-20-25(2)22-26(21-24)23-30(32(35)36-33(3,4)29-18-12-7-13-19-29)34-31(27-14-8-5-9-15-27)28-16-10-6-11-17-28/h5-22,30H,23H2,1-4H3/t30-/m1/s1. The minimum absolute atomic E-state index is 0.340. The number of rotatable bonds is 8. The number of hydrogen-bond acceptors (Lipinski definition) is 3. The fraction of sp³-hybridized carbons (Fsp3) is 0.212. The van der Waals surface area contributed by atoms with Crippen molar-refractivity contribution in [3.8, 4) is 0 Å². The third-order valence-corrected chi connectivity index (χ3v) is 6.19. The molecule has 1 atom stereocenters. The van der Waals surface area contributed by atoms with Gasteiger partial charge >= 0.3 is 5.97 Å². The Bertz CT molecular complexity index is 1260. The number of esters is 1. The molecule has 0 aliphatic heterocycles. The Labute approximate surface area is 214 Å². The largest absolute Gasteiger partial charge is 0.453 e. The van der Waals surface area contributed by atoms with Crippen LogP contribution in [0.25, 0.3) is 0 Å². The number of hydrogen-bond donors (Lipinski definition) is 0. The highest BCUT2D eigenvalue weighted by Crippen LogP contribution is 2.26. The van der Waals surface area contributed by atoms with Crippen LogP contribution in [-0.2, 0) is 21.6 Å². The average Bonchev–Trinajstić information content (AvgIpc) is 2.87. The van der Waals surface area contributed by atoms with E-state index in [-0.39, 0.29) is 5.97 Å². The highest BCUT2D eigenvalue weighted by atomic mass is 16.6. The lowest BCUT2D eigenvalue weighted by atomic mass is 9.97. The van der Waals surface area contributed by atoms with Crippen LogP contribution in [0.2, 0.25) is 0 Å². The van der Waals surface area contributed by atoms with Crippen molar-refractivity contribution in [2.24, 2.45) is 4.99 Å². The molecule has 0 heterocycles. The van der Waals surface area contributed by atoms with Gasteiger partial charge in [-0.3, -0.25) is 4.99 Å². The van der Waals surface area contributed by atoms with Gasteiger partial charge in [-0.15, -0.1) is 0 Å². The van der Waals surface area contributed by atoms with E-state index < -0.39 is 11.6 Å². The third kappa shape index (κ3) is 6.37. The molecule has 182 valence electrons. The predicted molar refractivity (Wildman–Crippen MR) is 147 cm³/mol. The highest BCUT2D eigenvalue weighted by molar-refractivity contribution is 6.13. The molecule has 4 aromatic rings. The van der Waals surface area contributed by atoms with Crippen molar-refractivity contribution in [3.05, 3.63) is 143 Å². The van der Waals surface area contributed by atoms with Gasteiger partial charge in [0.15, 0.2) is 6.04 Å². The molecule has 0 radical (unpaired) electrons. The number of carbonyl (C=O) groups excluding carboxylic acids is 1. The van der Waals surface area contributed by atoms with Gasteiger partial charge in [0.2, 0.25) is 0 Å². The molecule has 0 aliphatic carbocycles. The number of aryl methyl sites for hydroxylation is 2. The Morgan fingerprint density at radius 2 is 1.22 bits per heavy atom. The maximum absolute atomic E-state index is 13.8. The van der Waals surface area contributed by atoms with Gasteiger partial charge in [0.05, 0.1) is 5.71 Å². The van der Waals surface area contributed by atoms with E-state index in [4.69, 9.17) is 9.73 Å². The molecule has 4 aromatic carbocycles. The molecule has 0 N–H and O–H groups in total. The maximum atomic E-state index is 13.8. The van der Waals surface area contributed by atoms with E-state index in [0.717, 1.165) is 39.1 Å². The molecule has 0 aromatic heterocycles. The fourth-order valence-corrected chi connectivity index (χ4v) is 4.47. The number of benzene rings is 4. The van der Waals surface area contributed by atoms with E-state index >= 15 is 0 Å². The lowest BCUT2D eigenvalue weighted by Gasteiger charge is -2.27. The van der Waals surface area contributed by atoms with Crippen LogP contribution in [0.3, 0.4) is 0 Å². The van der Waals surface area contributed by atoms with Crippen molar-refractivity contribution in [3.63, 3.8) is 0 Å². The summed E-state index contributed by atoms with van der Waals surface area (Å²) in [6.07, 6.45) is 0.454. The molecule has 0 aliphatic rings. The van der Waals surface area contributed by atoms with E-state index in [9.17, 15) is 4.79 Å². The molecule has 0 spiro atoms. The van der Waals surface area contributed by atoms with E-state index in [1.165, 1.54) is 0 Å². The van der Waals surface area contributed by atoms with Crippen molar-refractivity contribution < 1.29 is 9.53 Å². The van der Waals surface area contributed by atoms with Crippen LogP contribution < -0.4 is 0 Å². The van der Waals surface area contributed by atoms with Crippen LogP contribution in [-0.4, -0.2) is 17.7 Å². The monoisotopic (exact) mass is 475 g/mol. The van der Waals surface area contributed by atoms with Gasteiger partial charge in [-0.2, -0.15) is 0 Å². The third-order valence-electron chi connectivity index (χ3n) is 6.19. The molecule has 36 heavy (non-hydrogen) atoms. The van der Waals surface area contributed by atoms with Crippen molar-refractivity contribution in [2.75, 3.05) is 0 Å². The summed E-state index contributed by atoms with van der Waals surface area (Å²) in [7, 11) is 0. The smallest absolute Gasteiger partial charge is 0.332 e. The SMILES string of the molecule is Cc1cc(C)cc(C[C@@H](N=C(c2ccccc2)c2ccccc2)C(=O)OC(C)(C)c2ccccc2)c1. The zero-order valence-corrected chi connectivity index (χ0v) is 21.4. The number of nitrogens with zero attached hydrogens (tertiary/aromatic N) is 1. The first kappa shape index (κ1) is 25.1. The Morgan fingerprint density at radius 3 is 1.72 bits per heavy atom. The predicted octanol–water partition coefficient (Wildman–Crippen LogP) is 7.23. The van der Waals surface area contributed by atoms with Gasteiger partial charge in [0.25, 0.3) is 0 Å². The fourth-order valence-electron chi connectivity index (χ4n) is 4.47. The van der Waals surface area contributed by atoms with Crippen molar-refractivity contribution >= 4 is 11.7 Å². The number of aliphatic imine (C=N–C) groups is 1. The normalized spacial score (nSPS) is 12.0. The van der Waals surface area contributed by atoms with Crippen molar-refractivity contribution in [1.82, 2.24) is 0 Å². The molecule has 0 unspecified atom stereocenters. The second-order valence-electron chi connectivity index (χ2n) is 9.72. The summed E-state index contributed by atoms with van der Waals surface area (Å²) >= 11 is 0. The van der Waals surface area contributed by atoms with Gasteiger partial charge in [0.1, 0.15) is 5.60 Å². The quantitative estimate of drug-likeness (QED) is 0.199. The molecule has 0 bridgehead atoms. The summed E-state index contributed by atoms with van der Waals surface area (Å²) in [5, 5.41) is 0. The zero-order chi connectivity index (χ0) is 25.5. The highest BCUT2D eigenvalue weighted by Gasteiger charge is 2.30. The summed E-state index contributed by atoms with van der Waals surface area (Å²) in [4.78, 5) is 18.9. The Kier molecular flexibility index (Phi) is 7.80. The van der Waals surface area contributed by atoms with Gasteiger partial charge in [-0.1, -0.05) is 120 Å². The molecule has 0 saturated carbocycles. The van der Waals surface area contributed by atoms with Crippen molar-refractivity contribution in [2.45, 2.75) is 45.8 Å². The van der Waals surface area contributed by atoms with E-state index in [1.54, 1.807) is 0 Å². The summed E-state index contributed by atoms with van der Waals surface area (Å²) in [5.74, 6) is -0.340. The molecule has 0 amide bonds. The van der Waals surface area contributed by atoms with Gasteiger partial charge < -0.3 is 4.74 Å². The van der Waals surface area contributed by atoms with Gasteiger partial charge in [-0.25, -0.2) is 4.79 Å². The lowest BCUT2D eigenvalue weighted by molar-refractivity contribution is -0.159. The number of ether oxygens (including phenoxy) is 1. The molecule has 0 fully saturated rings. The first-order valence-corrected chi connectivity index (χ1v) is 12.4. The van der Waals surface area contributed by atoms with E-state index in [2.05, 4.69) is 32.0 Å². The van der Waals surface area contributed by atoms with Crippen molar-refractivity contribution in [1.29, 1.82) is 0 Å². The van der Waals surface area contributed by atoms with Crippen LogP contribution >= 0.6 is 0 Å². The first-order valence-electron chi connectivity index (χ1n) is 12.4. The van der Waals surface area contributed by atoms with Gasteiger partial charge in [-0.05, 0) is 38.8 Å². The Hall–Kier alpha value is -3.98. The minimum Gasteiger partial charge on any atom is -0.453 e. The maximum Gasteiger partial charge on any atom is 0.332 e. The van der Waals surface area contributed by atoms with E-state index in [0.29, 0.717) is 6.42 Å².